The van der Waals surface area contributed by atoms with Crippen LogP contribution in [0.5, 0.6) is 0 Å². The highest BCUT2D eigenvalue weighted by molar-refractivity contribution is 7.70. The van der Waals surface area contributed by atoms with Gasteiger partial charge in [-0.15, -0.1) is 0 Å². The van der Waals surface area contributed by atoms with Gasteiger partial charge in [0.1, 0.15) is 0 Å². The molecule has 0 aromatic rings. The van der Waals surface area contributed by atoms with Crippen LogP contribution in [0.3, 0.4) is 0 Å². The summed E-state index contributed by atoms with van der Waals surface area (Å²) in [5.74, 6) is -0.842. The molecule has 0 bridgehead atoms. The van der Waals surface area contributed by atoms with E-state index in [0.717, 1.165) is 38.5 Å². The molecule has 1 aliphatic heterocycles. The third-order valence-corrected chi connectivity index (χ3v) is 7.88. The Balaban J connectivity index is 2.06. The number of unbranched alkanes of at least 4 members (excludes halogenated alkanes) is 1. The van der Waals surface area contributed by atoms with Crippen LogP contribution in [0.25, 0.3) is 0 Å². The second kappa shape index (κ2) is 14.9. The second-order valence-electron chi connectivity index (χ2n) is 6.70. The molecular formula is C21H34O6P2. The van der Waals surface area contributed by atoms with Gasteiger partial charge in [0.15, 0.2) is 12.2 Å². The molecule has 2 atom stereocenters. The maximum Gasteiger partial charge on any atom is 0.342 e. The third kappa shape index (κ3) is 14.6. The van der Waals surface area contributed by atoms with E-state index in [1.165, 1.54) is 0 Å². The van der Waals surface area contributed by atoms with Gasteiger partial charge in [0.2, 0.25) is 0 Å². The van der Waals surface area contributed by atoms with Crippen molar-refractivity contribution in [2.45, 2.75) is 64.6 Å². The molecule has 0 aromatic carbocycles. The fourth-order valence-electron chi connectivity index (χ4n) is 2.56. The Morgan fingerprint density at radius 3 is 1.62 bits per heavy atom. The number of rotatable bonds is 13. The predicted molar refractivity (Wildman–Crippen MR) is 119 cm³/mol. The molecular weight excluding hydrogens is 410 g/mol. The molecule has 1 rings (SSSR count). The van der Waals surface area contributed by atoms with E-state index in [1.54, 1.807) is 0 Å². The molecule has 29 heavy (non-hydrogen) atoms. The normalized spacial score (nSPS) is 28.7. The Morgan fingerprint density at radius 2 is 1.17 bits per heavy atom. The van der Waals surface area contributed by atoms with Gasteiger partial charge in [-0.3, -0.25) is 18.2 Å². The van der Waals surface area contributed by atoms with Gasteiger partial charge in [-0.2, -0.15) is 0 Å². The van der Waals surface area contributed by atoms with E-state index in [-0.39, 0.29) is 0 Å². The topological polar surface area (TPSA) is 93.1 Å². The molecule has 0 amide bonds. The van der Waals surface area contributed by atoms with Crippen molar-refractivity contribution >= 4 is 15.2 Å². The molecule has 2 unspecified atom stereocenters. The molecule has 0 spiro atoms. The molecule has 1 aliphatic rings. The number of hydrogen-bond donors (Lipinski definition) is 2. The molecule has 0 aromatic heterocycles. The summed E-state index contributed by atoms with van der Waals surface area (Å²) in [6.45, 7) is 2.13. The molecule has 2 N–H and O–H groups in total. The lowest BCUT2D eigenvalue weighted by Gasteiger charge is -2.29. The van der Waals surface area contributed by atoms with Crippen LogP contribution >= 0.6 is 15.2 Å². The van der Waals surface area contributed by atoms with Crippen LogP contribution in [-0.4, -0.2) is 22.0 Å². The van der Waals surface area contributed by atoms with Crippen LogP contribution in [0.4, 0.5) is 0 Å². The van der Waals surface area contributed by atoms with Gasteiger partial charge in [-0.25, -0.2) is 0 Å². The minimum Gasteiger partial charge on any atom is -0.324 e. The van der Waals surface area contributed by atoms with Crippen LogP contribution in [0.15, 0.2) is 60.8 Å². The first-order chi connectivity index (χ1) is 13.8. The van der Waals surface area contributed by atoms with E-state index >= 15 is 0 Å². The van der Waals surface area contributed by atoms with Crippen molar-refractivity contribution in [2.75, 3.05) is 5.90 Å². The highest BCUT2D eigenvalue weighted by Crippen LogP contribution is 2.64. The third-order valence-electron chi connectivity index (χ3n) is 3.89. The molecule has 1 saturated heterocycles. The Labute approximate surface area is 174 Å². The smallest absolute Gasteiger partial charge is 0.324 e. The largest absolute Gasteiger partial charge is 0.342 e. The number of allylic oxidation sites excluding steroid dienone is 10. The zero-order valence-electron chi connectivity index (χ0n) is 17.1. The summed E-state index contributed by atoms with van der Waals surface area (Å²) in [6.07, 6.45) is 26.6. The van der Waals surface area contributed by atoms with Gasteiger partial charge >= 0.3 is 15.2 Å². The van der Waals surface area contributed by atoms with Crippen LogP contribution in [0.2, 0.25) is 0 Å². The van der Waals surface area contributed by atoms with Gasteiger partial charge in [0, 0.05) is 0 Å². The van der Waals surface area contributed by atoms with Crippen LogP contribution < -0.4 is 0 Å². The first kappa shape index (κ1) is 26.0. The van der Waals surface area contributed by atoms with Gasteiger partial charge in [0.05, 0.1) is 0 Å². The van der Waals surface area contributed by atoms with Gasteiger partial charge < -0.3 is 9.79 Å². The van der Waals surface area contributed by atoms with Crippen molar-refractivity contribution in [1.29, 1.82) is 0 Å². The van der Waals surface area contributed by atoms with E-state index in [9.17, 15) is 18.9 Å². The van der Waals surface area contributed by atoms with Crippen molar-refractivity contribution in [3.8, 4) is 0 Å². The van der Waals surface area contributed by atoms with Crippen LogP contribution in [-0.2, 0) is 18.2 Å². The van der Waals surface area contributed by atoms with Gasteiger partial charge in [-0.1, -0.05) is 67.7 Å². The summed E-state index contributed by atoms with van der Waals surface area (Å²) in [4.78, 5) is 18.8. The number of hydrogen-bond acceptors (Lipinski definition) is 4. The monoisotopic (exact) mass is 444 g/mol. The van der Waals surface area contributed by atoms with E-state index in [0.29, 0.717) is 12.8 Å². The lowest BCUT2D eigenvalue weighted by molar-refractivity contribution is -0.0242. The fraction of sp³-hybridized carbons (Fsp3) is 0.524. The van der Waals surface area contributed by atoms with Crippen molar-refractivity contribution in [1.82, 2.24) is 0 Å². The first-order valence-electron chi connectivity index (χ1n) is 10.1. The Kier molecular flexibility index (Phi) is 13.4. The average molecular weight is 444 g/mol. The highest BCUT2D eigenvalue weighted by atomic mass is 31.2. The Hall–Kier alpha value is -1.00. The molecule has 1 heterocycles. The summed E-state index contributed by atoms with van der Waals surface area (Å²) >= 11 is 0. The fourth-order valence-corrected chi connectivity index (χ4v) is 6.00. The average Bonchev–Trinajstić information content (AvgIpc) is 2.61. The van der Waals surface area contributed by atoms with Crippen molar-refractivity contribution in [2.24, 2.45) is 0 Å². The minimum atomic E-state index is -4.03. The van der Waals surface area contributed by atoms with E-state index in [2.05, 4.69) is 55.5 Å². The minimum absolute atomic E-state index is 0.295. The van der Waals surface area contributed by atoms with Crippen molar-refractivity contribution in [3.05, 3.63) is 60.8 Å². The molecule has 0 saturated carbocycles. The molecule has 1 fully saturated rings. The predicted octanol–water partition coefficient (Wildman–Crippen LogP) is 6.61. The molecule has 0 radical (unpaired) electrons. The molecule has 164 valence electrons. The SMILES string of the molecule is CC/C=C\C/C=C\C/C=C\C/C=C\C/C=C\CCCC1OP(=O)(O)CP(=O)(O)O1. The maximum atomic E-state index is 11.5. The van der Waals surface area contributed by atoms with Gasteiger partial charge in [0.25, 0.3) is 0 Å². The van der Waals surface area contributed by atoms with Crippen LogP contribution in [0.1, 0.15) is 58.3 Å². The van der Waals surface area contributed by atoms with E-state index < -0.39 is 27.4 Å². The molecule has 0 aliphatic carbocycles. The second-order valence-corrected chi connectivity index (χ2v) is 10.8. The summed E-state index contributed by atoms with van der Waals surface area (Å²) in [6, 6.07) is 0. The standard InChI is InChI=1S/C21H34O6P2/c1-2-3-4-5-6-7-8-9-10-11-12-13-14-15-16-17-18-19-21-26-28(22,23)20-29(24,25)27-21/h3-4,6-7,9-10,12-13,15-16,21H,2,5,8,11,14,17-20H2,1H3,(H,22,23)(H,24,25)/b4-3-,7-6-,10-9-,13-12-,16-15-. The van der Waals surface area contributed by atoms with E-state index in [4.69, 9.17) is 9.05 Å². The highest BCUT2D eigenvalue weighted by Gasteiger charge is 2.43. The zero-order valence-corrected chi connectivity index (χ0v) is 18.9. The molecule has 6 nitrogen and oxygen atoms in total. The molecule has 8 heteroatoms. The lowest BCUT2D eigenvalue weighted by atomic mass is 10.2. The maximum absolute atomic E-state index is 11.5. The van der Waals surface area contributed by atoms with Crippen molar-refractivity contribution in [3.63, 3.8) is 0 Å². The summed E-state index contributed by atoms with van der Waals surface area (Å²) in [5, 5.41) is 0. The van der Waals surface area contributed by atoms with Gasteiger partial charge in [-0.05, 0) is 51.4 Å². The summed E-state index contributed by atoms with van der Waals surface area (Å²) < 4.78 is 32.8. The zero-order chi connectivity index (χ0) is 21.4. The van der Waals surface area contributed by atoms with Crippen molar-refractivity contribution < 1.29 is 28.0 Å². The summed E-state index contributed by atoms with van der Waals surface area (Å²) in [5.41, 5.74) is 0. The quantitative estimate of drug-likeness (QED) is 0.189. The van der Waals surface area contributed by atoms with E-state index in [1.807, 2.05) is 12.2 Å². The Bertz CT molecular complexity index is 669. The summed E-state index contributed by atoms with van der Waals surface area (Å²) in [7, 11) is -8.07. The first-order valence-corrected chi connectivity index (χ1v) is 13.6. The Morgan fingerprint density at radius 1 is 0.759 bits per heavy atom. The van der Waals surface area contributed by atoms with Crippen LogP contribution in [0, 0.1) is 0 Å². The lowest BCUT2D eigenvalue weighted by Crippen LogP contribution is -2.21.